The van der Waals surface area contributed by atoms with E-state index in [-0.39, 0.29) is 0 Å². The molecule has 2 N–H and O–H groups in total. The molecule has 0 aliphatic heterocycles. The standard InChI is InChI=1S/C9H10N2O2/c1-6-7(2-3-12-6)9-8(4-10)11-5-13-9/h2-3,5H,4,10H2,1H3. The number of furan rings is 1. The fraction of sp³-hybridized carbons (Fsp3) is 0.222. The van der Waals surface area contributed by atoms with Crippen LogP contribution in [0.4, 0.5) is 0 Å². The van der Waals surface area contributed by atoms with Crippen molar-refractivity contribution in [3.05, 3.63) is 30.2 Å². The average Bonchev–Trinajstić information content (AvgIpc) is 2.71. The summed E-state index contributed by atoms with van der Waals surface area (Å²) in [5.74, 6) is 1.51. The minimum absolute atomic E-state index is 0.371. The first-order valence-electron chi connectivity index (χ1n) is 4.00. The van der Waals surface area contributed by atoms with E-state index in [4.69, 9.17) is 14.6 Å². The predicted octanol–water partition coefficient (Wildman–Crippen LogP) is 1.70. The van der Waals surface area contributed by atoms with E-state index in [1.165, 1.54) is 6.39 Å². The van der Waals surface area contributed by atoms with Crippen LogP contribution < -0.4 is 5.73 Å². The van der Waals surface area contributed by atoms with Crippen LogP contribution in [0.15, 0.2) is 27.6 Å². The highest BCUT2D eigenvalue weighted by Crippen LogP contribution is 2.26. The first kappa shape index (κ1) is 8.07. The fourth-order valence-corrected chi connectivity index (χ4v) is 1.25. The molecule has 0 unspecified atom stereocenters. The van der Waals surface area contributed by atoms with Crippen LogP contribution in [0.25, 0.3) is 11.3 Å². The van der Waals surface area contributed by atoms with Gasteiger partial charge in [-0.05, 0) is 13.0 Å². The summed E-state index contributed by atoms with van der Waals surface area (Å²) in [5, 5.41) is 0. The summed E-state index contributed by atoms with van der Waals surface area (Å²) in [6.07, 6.45) is 3.01. The topological polar surface area (TPSA) is 65.2 Å². The molecule has 0 saturated heterocycles. The summed E-state index contributed by atoms with van der Waals surface area (Å²) < 4.78 is 10.4. The van der Waals surface area contributed by atoms with Gasteiger partial charge in [-0.3, -0.25) is 0 Å². The maximum Gasteiger partial charge on any atom is 0.181 e. The number of oxazole rings is 1. The van der Waals surface area contributed by atoms with Crippen molar-refractivity contribution in [1.29, 1.82) is 0 Å². The summed E-state index contributed by atoms with van der Waals surface area (Å²) in [5.41, 5.74) is 7.17. The number of rotatable bonds is 2. The van der Waals surface area contributed by atoms with Crippen LogP contribution in [0, 0.1) is 6.92 Å². The second-order valence-corrected chi connectivity index (χ2v) is 2.72. The van der Waals surface area contributed by atoms with Crippen LogP contribution in [-0.4, -0.2) is 4.98 Å². The Hall–Kier alpha value is -1.55. The largest absolute Gasteiger partial charge is 0.469 e. The molecule has 0 saturated carbocycles. The van der Waals surface area contributed by atoms with Gasteiger partial charge in [-0.2, -0.15) is 0 Å². The van der Waals surface area contributed by atoms with Gasteiger partial charge >= 0.3 is 0 Å². The van der Waals surface area contributed by atoms with Crippen molar-refractivity contribution < 1.29 is 8.83 Å². The highest BCUT2D eigenvalue weighted by Gasteiger charge is 2.13. The molecule has 2 aromatic rings. The number of nitrogens with two attached hydrogens (primary N) is 1. The van der Waals surface area contributed by atoms with E-state index in [0.29, 0.717) is 12.3 Å². The number of nitrogens with zero attached hydrogens (tertiary/aromatic N) is 1. The lowest BCUT2D eigenvalue weighted by Crippen LogP contribution is -1.98. The van der Waals surface area contributed by atoms with Crippen LogP contribution in [-0.2, 0) is 6.54 Å². The van der Waals surface area contributed by atoms with E-state index in [1.54, 1.807) is 6.26 Å². The lowest BCUT2D eigenvalue weighted by molar-refractivity contribution is 0.529. The van der Waals surface area contributed by atoms with Gasteiger partial charge in [0.05, 0.1) is 11.8 Å². The van der Waals surface area contributed by atoms with Crippen LogP contribution in [0.2, 0.25) is 0 Å². The Morgan fingerprint density at radius 2 is 2.31 bits per heavy atom. The molecule has 2 heterocycles. The second kappa shape index (κ2) is 3.06. The number of aryl methyl sites for hydroxylation is 1. The second-order valence-electron chi connectivity index (χ2n) is 2.72. The molecule has 0 aromatic carbocycles. The van der Waals surface area contributed by atoms with Gasteiger partial charge in [-0.15, -0.1) is 0 Å². The summed E-state index contributed by atoms with van der Waals surface area (Å²) >= 11 is 0. The highest BCUT2D eigenvalue weighted by atomic mass is 16.3. The zero-order valence-corrected chi connectivity index (χ0v) is 7.28. The summed E-state index contributed by atoms with van der Waals surface area (Å²) in [7, 11) is 0. The molecule has 0 bridgehead atoms. The first-order valence-corrected chi connectivity index (χ1v) is 4.00. The molecule has 0 atom stereocenters. The van der Waals surface area contributed by atoms with E-state index in [9.17, 15) is 0 Å². The minimum Gasteiger partial charge on any atom is -0.469 e. The predicted molar refractivity (Wildman–Crippen MR) is 46.8 cm³/mol. The first-order chi connectivity index (χ1) is 6.33. The molecule has 0 radical (unpaired) electrons. The molecule has 0 amide bonds. The van der Waals surface area contributed by atoms with Gasteiger partial charge in [0, 0.05) is 6.54 Å². The summed E-state index contributed by atoms with van der Waals surface area (Å²) in [6, 6.07) is 1.84. The molecular formula is C9H10N2O2. The summed E-state index contributed by atoms with van der Waals surface area (Å²) in [4.78, 5) is 4.00. The molecule has 0 spiro atoms. The molecule has 0 aliphatic rings. The maximum absolute atomic E-state index is 5.50. The lowest BCUT2D eigenvalue weighted by Gasteiger charge is -1.95. The number of hydrogen-bond donors (Lipinski definition) is 1. The Kier molecular flexibility index (Phi) is 1.90. The Balaban J connectivity index is 2.52. The maximum atomic E-state index is 5.50. The van der Waals surface area contributed by atoms with E-state index in [1.807, 2.05) is 13.0 Å². The highest BCUT2D eigenvalue weighted by molar-refractivity contribution is 5.61. The summed E-state index contributed by atoms with van der Waals surface area (Å²) in [6.45, 7) is 2.24. The normalized spacial score (nSPS) is 10.6. The Morgan fingerprint density at radius 3 is 2.92 bits per heavy atom. The van der Waals surface area contributed by atoms with Crippen LogP contribution in [0.1, 0.15) is 11.5 Å². The van der Waals surface area contributed by atoms with E-state index >= 15 is 0 Å². The van der Waals surface area contributed by atoms with Crippen LogP contribution in [0.5, 0.6) is 0 Å². The van der Waals surface area contributed by atoms with E-state index in [0.717, 1.165) is 17.0 Å². The van der Waals surface area contributed by atoms with Crippen molar-refractivity contribution in [1.82, 2.24) is 4.98 Å². The quantitative estimate of drug-likeness (QED) is 0.760. The Labute approximate surface area is 75.4 Å². The zero-order valence-electron chi connectivity index (χ0n) is 7.28. The number of hydrogen-bond acceptors (Lipinski definition) is 4. The Bertz CT molecular complexity index is 403. The monoisotopic (exact) mass is 178 g/mol. The van der Waals surface area contributed by atoms with Gasteiger partial charge in [0.1, 0.15) is 11.5 Å². The third-order valence-corrected chi connectivity index (χ3v) is 1.94. The smallest absolute Gasteiger partial charge is 0.181 e. The lowest BCUT2D eigenvalue weighted by atomic mass is 10.2. The molecule has 4 heteroatoms. The molecule has 2 aromatic heterocycles. The van der Waals surface area contributed by atoms with Crippen molar-refractivity contribution in [2.24, 2.45) is 5.73 Å². The van der Waals surface area contributed by atoms with E-state index < -0.39 is 0 Å². The number of aromatic nitrogens is 1. The van der Waals surface area contributed by atoms with Gasteiger partial charge in [-0.25, -0.2) is 4.98 Å². The van der Waals surface area contributed by atoms with Crippen molar-refractivity contribution in [2.45, 2.75) is 13.5 Å². The molecule has 0 fully saturated rings. The Morgan fingerprint density at radius 1 is 1.46 bits per heavy atom. The third-order valence-electron chi connectivity index (χ3n) is 1.94. The van der Waals surface area contributed by atoms with Crippen LogP contribution in [0.3, 0.4) is 0 Å². The van der Waals surface area contributed by atoms with Gasteiger partial charge in [0.25, 0.3) is 0 Å². The molecule has 2 rings (SSSR count). The molecular weight excluding hydrogens is 168 g/mol. The van der Waals surface area contributed by atoms with E-state index in [2.05, 4.69) is 4.98 Å². The zero-order chi connectivity index (χ0) is 9.26. The molecule has 13 heavy (non-hydrogen) atoms. The fourth-order valence-electron chi connectivity index (χ4n) is 1.25. The molecule has 4 nitrogen and oxygen atoms in total. The van der Waals surface area contributed by atoms with Crippen molar-refractivity contribution in [3.8, 4) is 11.3 Å². The molecule has 0 aliphatic carbocycles. The average molecular weight is 178 g/mol. The van der Waals surface area contributed by atoms with Crippen LogP contribution >= 0.6 is 0 Å². The van der Waals surface area contributed by atoms with Crippen molar-refractivity contribution in [3.63, 3.8) is 0 Å². The SMILES string of the molecule is Cc1occc1-c1ocnc1CN. The van der Waals surface area contributed by atoms with Gasteiger partial charge in [-0.1, -0.05) is 0 Å². The van der Waals surface area contributed by atoms with Gasteiger partial charge in [0.15, 0.2) is 12.2 Å². The van der Waals surface area contributed by atoms with Crippen molar-refractivity contribution in [2.75, 3.05) is 0 Å². The van der Waals surface area contributed by atoms with Crippen molar-refractivity contribution >= 4 is 0 Å². The minimum atomic E-state index is 0.371. The molecule has 68 valence electrons. The van der Waals surface area contributed by atoms with Gasteiger partial charge in [0.2, 0.25) is 0 Å². The van der Waals surface area contributed by atoms with Gasteiger partial charge < -0.3 is 14.6 Å². The third kappa shape index (κ3) is 1.25.